The normalized spacial score (nSPS) is 16.4. The number of hydrogen-bond donors (Lipinski definition) is 2. The Morgan fingerprint density at radius 3 is 2.40 bits per heavy atom. The van der Waals surface area contributed by atoms with E-state index in [4.69, 9.17) is 4.74 Å². The molecule has 0 unspecified atom stereocenters. The number of benzene rings is 1. The third kappa shape index (κ3) is 3.86. The molecule has 0 aliphatic carbocycles. The summed E-state index contributed by atoms with van der Waals surface area (Å²) in [6.07, 6.45) is 1.82. The minimum Gasteiger partial charge on any atom is -0.508 e. The van der Waals surface area contributed by atoms with Gasteiger partial charge in [-0.25, -0.2) is 0 Å². The second kappa shape index (κ2) is 6.95. The summed E-state index contributed by atoms with van der Waals surface area (Å²) in [6, 6.07) is 3.95. The number of hydrogen-bond acceptors (Lipinski definition) is 4. The Kier molecular flexibility index (Phi) is 5.25. The standard InChI is InChI=1S/C14H18BrNO4/c15-3-6-20-13-1-4-16(5-2-13)14(19)10-7-11(17)9-12(18)8-10/h7-9,13,17-18H,1-6H2. The van der Waals surface area contributed by atoms with Crippen molar-refractivity contribution in [1.82, 2.24) is 4.90 Å². The van der Waals surface area contributed by atoms with Gasteiger partial charge in [0.25, 0.3) is 5.91 Å². The van der Waals surface area contributed by atoms with Crippen molar-refractivity contribution in [2.24, 2.45) is 0 Å². The lowest BCUT2D eigenvalue weighted by molar-refractivity contribution is 0.0160. The molecule has 0 atom stereocenters. The molecule has 1 heterocycles. The first-order valence-electron chi connectivity index (χ1n) is 6.60. The zero-order chi connectivity index (χ0) is 14.5. The number of likely N-dealkylation sites (tertiary alicyclic amines) is 1. The molecule has 0 aromatic heterocycles. The second-order valence-corrected chi connectivity index (χ2v) is 5.58. The number of halogens is 1. The van der Waals surface area contributed by atoms with E-state index in [-0.39, 0.29) is 23.5 Å². The largest absolute Gasteiger partial charge is 0.508 e. The van der Waals surface area contributed by atoms with Crippen LogP contribution in [0.5, 0.6) is 11.5 Å². The van der Waals surface area contributed by atoms with Crippen LogP contribution in [0.2, 0.25) is 0 Å². The Morgan fingerprint density at radius 1 is 1.25 bits per heavy atom. The number of alkyl halides is 1. The molecule has 0 saturated carbocycles. The molecule has 2 rings (SSSR count). The Morgan fingerprint density at radius 2 is 1.85 bits per heavy atom. The van der Waals surface area contributed by atoms with Crippen molar-refractivity contribution < 1.29 is 19.7 Å². The monoisotopic (exact) mass is 343 g/mol. The summed E-state index contributed by atoms with van der Waals surface area (Å²) in [5, 5.41) is 19.7. The predicted molar refractivity (Wildman–Crippen MR) is 78.4 cm³/mol. The average molecular weight is 344 g/mol. The molecule has 1 amide bonds. The van der Waals surface area contributed by atoms with Gasteiger partial charge in [0.2, 0.25) is 0 Å². The third-order valence-electron chi connectivity index (χ3n) is 3.31. The molecule has 1 aromatic rings. The highest BCUT2D eigenvalue weighted by Crippen LogP contribution is 2.23. The van der Waals surface area contributed by atoms with E-state index in [0.717, 1.165) is 18.2 Å². The Bertz CT molecular complexity index is 452. The van der Waals surface area contributed by atoms with Gasteiger partial charge in [-0.2, -0.15) is 0 Å². The summed E-state index contributed by atoms with van der Waals surface area (Å²) >= 11 is 3.32. The number of carbonyl (C=O) groups is 1. The van der Waals surface area contributed by atoms with Crippen LogP contribution in [0, 0.1) is 0 Å². The summed E-state index contributed by atoms with van der Waals surface area (Å²) in [7, 11) is 0. The molecule has 0 bridgehead atoms. The summed E-state index contributed by atoms with van der Waals surface area (Å²) in [5.41, 5.74) is 0.308. The van der Waals surface area contributed by atoms with E-state index < -0.39 is 0 Å². The third-order valence-corrected chi connectivity index (χ3v) is 3.63. The number of amides is 1. The number of rotatable bonds is 4. The fourth-order valence-corrected chi connectivity index (χ4v) is 2.52. The first-order chi connectivity index (χ1) is 9.60. The van der Waals surface area contributed by atoms with Gasteiger partial charge in [-0.1, -0.05) is 15.9 Å². The van der Waals surface area contributed by atoms with Crippen LogP contribution in [0.3, 0.4) is 0 Å². The molecule has 20 heavy (non-hydrogen) atoms. The van der Waals surface area contributed by atoms with Gasteiger partial charge in [0.15, 0.2) is 0 Å². The number of carbonyl (C=O) groups excluding carboxylic acids is 1. The van der Waals surface area contributed by atoms with Gasteiger partial charge in [-0.05, 0) is 25.0 Å². The van der Waals surface area contributed by atoms with Crippen molar-refractivity contribution in [3.8, 4) is 11.5 Å². The van der Waals surface area contributed by atoms with E-state index in [1.165, 1.54) is 18.2 Å². The van der Waals surface area contributed by atoms with Crippen molar-refractivity contribution in [3.63, 3.8) is 0 Å². The first-order valence-corrected chi connectivity index (χ1v) is 7.72. The van der Waals surface area contributed by atoms with Crippen LogP contribution in [-0.4, -0.2) is 52.2 Å². The molecule has 1 aliphatic rings. The first kappa shape index (κ1) is 15.1. The van der Waals surface area contributed by atoms with Crippen LogP contribution in [0.25, 0.3) is 0 Å². The highest BCUT2D eigenvalue weighted by atomic mass is 79.9. The number of phenols is 2. The average Bonchev–Trinajstić information content (AvgIpc) is 2.44. The molecule has 110 valence electrons. The summed E-state index contributed by atoms with van der Waals surface area (Å²) in [6.45, 7) is 1.93. The number of ether oxygens (including phenoxy) is 1. The lowest BCUT2D eigenvalue weighted by Gasteiger charge is -2.32. The van der Waals surface area contributed by atoms with E-state index in [0.29, 0.717) is 25.3 Å². The van der Waals surface area contributed by atoms with Crippen LogP contribution in [0.15, 0.2) is 18.2 Å². The molecule has 0 radical (unpaired) electrons. The number of piperidine rings is 1. The van der Waals surface area contributed by atoms with Gasteiger partial charge >= 0.3 is 0 Å². The van der Waals surface area contributed by atoms with E-state index >= 15 is 0 Å². The summed E-state index contributed by atoms with van der Waals surface area (Å²) in [5.74, 6) is -0.386. The number of phenolic OH excluding ortho intramolecular Hbond substituents is 2. The predicted octanol–water partition coefficient (Wildman–Crippen LogP) is 2.11. The highest BCUT2D eigenvalue weighted by molar-refractivity contribution is 9.09. The van der Waals surface area contributed by atoms with Crippen LogP contribution in [-0.2, 0) is 4.74 Å². The van der Waals surface area contributed by atoms with Crippen molar-refractivity contribution >= 4 is 21.8 Å². The van der Waals surface area contributed by atoms with Crippen LogP contribution in [0.4, 0.5) is 0 Å². The molecule has 5 nitrogen and oxygen atoms in total. The zero-order valence-electron chi connectivity index (χ0n) is 11.1. The maximum atomic E-state index is 12.3. The Balaban J connectivity index is 1.94. The maximum Gasteiger partial charge on any atom is 0.254 e. The van der Waals surface area contributed by atoms with E-state index in [1.54, 1.807) is 4.90 Å². The van der Waals surface area contributed by atoms with Crippen molar-refractivity contribution in [2.75, 3.05) is 25.0 Å². The van der Waals surface area contributed by atoms with Gasteiger partial charge in [0.05, 0.1) is 12.7 Å². The van der Waals surface area contributed by atoms with Crippen molar-refractivity contribution in [1.29, 1.82) is 0 Å². The van der Waals surface area contributed by atoms with E-state index in [9.17, 15) is 15.0 Å². The smallest absolute Gasteiger partial charge is 0.254 e. The van der Waals surface area contributed by atoms with Gasteiger partial charge in [-0.3, -0.25) is 4.79 Å². The number of nitrogens with zero attached hydrogens (tertiary/aromatic N) is 1. The lowest BCUT2D eigenvalue weighted by atomic mass is 10.1. The summed E-state index contributed by atoms with van der Waals surface area (Å²) in [4.78, 5) is 14.0. The van der Waals surface area contributed by atoms with Crippen molar-refractivity contribution in [2.45, 2.75) is 18.9 Å². The second-order valence-electron chi connectivity index (χ2n) is 4.79. The molecule has 0 spiro atoms. The van der Waals surface area contributed by atoms with Crippen molar-refractivity contribution in [3.05, 3.63) is 23.8 Å². The van der Waals surface area contributed by atoms with E-state index in [2.05, 4.69) is 15.9 Å². The molecule has 1 aliphatic heterocycles. The Hall–Kier alpha value is -1.27. The highest BCUT2D eigenvalue weighted by Gasteiger charge is 2.24. The fourth-order valence-electron chi connectivity index (χ4n) is 2.34. The molecule has 2 N–H and O–H groups in total. The van der Waals surface area contributed by atoms with Gasteiger partial charge in [0, 0.05) is 30.0 Å². The minimum absolute atomic E-state index is 0.108. The van der Waals surface area contributed by atoms with Crippen LogP contribution >= 0.6 is 15.9 Å². The molecule has 1 saturated heterocycles. The SMILES string of the molecule is O=C(c1cc(O)cc(O)c1)N1CCC(OCCBr)CC1. The molecule has 1 aromatic carbocycles. The molecule has 6 heteroatoms. The van der Waals surface area contributed by atoms with Crippen LogP contribution < -0.4 is 0 Å². The van der Waals surface area contributed by atoms with Gasteiger partial charge < -0.3 is 19.8 Å². The molecule has 1 fully saturated rings. The zero-order valence-corrected chi connectivity index (χ0v) is 12.7. The minimum atomic E-state index is -0.171. The Labute approximate surface area is 126 Å². The summed E-state index contributed by atoms with van der Waals surface area (Å²) < 4.78 is 5.64. The van der Waals surface area contributed by atoms with E-state index in [1.807, 2.05) is 0 Å². The van der Waals surface area contributed by atoms with Crippen LogP contribution in [0.1, 0.15) is 23.2 Å². The maximum absolute atomic E-state index is 12.3. The van der Waals surface area contributed by atoms with Gasteiger partial charge in [0.1, 0.15) is 11.5 Å². The lowest BCUT2D eigenvalue weighted by Crippen LogP contribution is -2.41. The number of aromatic hydroxyl groups is 2. The fraction of sp³-hybridized carbons (Fsp3) is 0.500. The van der Waals surface area contributed by atoms with Gasteiger partial charge in [-0.15, -0.1) is 0 Å². The quantitative estimate of drug-likeness (QED) is 0.821. The molecular weight excluding hydrogens is 326 g/mol. The molecular formula is C14H18BrNO4. The topological polar surface area (TPSA) is 70.0 Å².